The van der Waals surface area contributed by atoms with Crippen molar-refractivity contribution in [3.63, 3.8) is 0 Å². The van der Waals surface area contributed by atoms with Gasteiger partial charge in [0.05, 0.1) is 0 Å². The normalized spacial score (nSPS) is 19.9. The largest absolute Gasteiger partial charge is 0.388 e. The van der Waals surface area contributed by atoms with E-state index in [-0.39, 0.29) is 0 Å². The van der Waals surface area contributed by atoms with Gasteiger partial charge in [0.15, 0.2) is 0 Å². The molecule has 0 bridgehead atoms. The molecule has 1 N–H and O–H groups in total. The summed E-state index contributed by atoms with van der Waals surface area (Å²) in [6.07, 6.45) is 3.44. The van der Waals surface area contributed by atoms with Gasteiger partial charge in [-0.05, 0) is 6.42 Å². The predicted molar refractivity (Wildman–Crippen MR) is 43.7 cm³/mol. The molecular formula is C7H13NS. The summed E-state index contributed by atoms with van der Waals surface area (Å²) < 4.78 is 0. The van der Waals surface area contributed by atoms with E-state index in [1.54, 1.807) is 0 Å². The van der Waals surface area contributed by atoms with Gasteiger partial charge < -0.3 is 5.32 Å². The second-order valence-corrected chi connectivity index (χ2v) is 3.23. The van der Waals surface area contributed by atoms with Crippen molar-refractivity contribution < 1.29 is 0 Å². The number of rotatable bonds is 1. The third-order valence-corrected chi connectivity index (χ3v) is 2.32. The lowest BCUT2D eigenvalue weighted by Gasteiger charge is -2.02. The van der Waals surface area contributed by atoms with Crippen LogP contribution in [0.3, 0.4) is 0 Å². The zero-order valence-corrected chi connectivity index (χ0v) is 6.63. The van der Waals surface area contributed by atoms with E-state index < -0.39 is 0 Å². The molecule has 0 unspecified atom stereocenters. The van der Waals surface area contributed by atoms with Crippen molar-refractivity contribution in [2.75, 3.05) is 18.1 Å². The van der Waals surface area contributed by atoms with Gasteiger partial charge in [-0.15, -0.1) is 0 Å². The summed E-state index contributed by atoms with van der Waals surface area (Å²) in [5.41, 5.74) is 1.42. The Morgan fingerprint density at radius 2 is 2.67 bits per heavy atom. The number of thioether (sulfide) groups is 1. The highest BCUT2D eigenvalue weighted by Gasteiger charge is 1.96. The molecule has 1 rings (SSSR count). The molecule has 0 aromatic carbocycles. The second-order valence-electron chi connectivity index (χ2n) is 2.08. The zero-order valence-electron chi connectivity index (χ0n) is 5.81. The summed E-state index contributed by atoms with van der Waals surface area (Å²) in [4.78, 5) is 0. The van der Waals surface area contributed by atoms with Crippen LogP contribution in [0, 0.1) is 0 Å². The topological polar surface area (TPSA) is 12.0 Å². The van der Waals surface area contributed by atoms with Crippen molar-refractivity contribution in [2.45, 2.75) is 13.3 Å². The van der Waals surface area contributed by atoms with Crippen molar-refractivity contribution >= 4 is 11.8 Å². The van der Waals surface area contributed by atoms with Crippen LogP contribution in [0.4, 0.5) is 0 Å². The average Bonchev–Trinajstić information content (AvgIpc) is 2.13. The molecule has 1 aliphatic heterocycles. The van der Waals surface area contributed by atoms with E-state index in [1.165, 1.54) is 17.2 Å². The average molecular weight is 143 g/mol. The fourth-order valence-corrected chi connectivity index (χ4v) is 1.60. The van der Waals surface area contributed by atoms with Gasteiger partial charge in [0.2, 0.25) is 0 Å². The highest BCUT2D eigenvalue weighted by molar-refractivity contribution is 7.99. The van der Waals surface area contributed by atoms with Crippen LogP contribution >= 0.6 is 11.8 Å². The molecule has 1 nitrogen and oxygen atoms in total. The van der Waals surface area contributed by atoms with Crippen LogP contribution in [0.1, 0.15) is 13.3 Å². The van der Waals surface area contributed by atoms with E-state index >= 15 is 0 Å². The summed E-state index contributed by atoms with van der Waals surface area (Å²) in [5, 5.41) is 3.37. The lowest BCUT2D eigenvalue weighted by molar-refractivity contribution is 0.816. The number of allylic oxidation sites excluding steroid dienone is 1. The van der Waals surface area contributed by atoms with Gasteiger partial charge in [-0.3, -0.25) is 0 Å². The molecule has 0 saturated carbocycles. The van der Waals surface area contributed by atoms with Gasteiger partial charge in [-0.25, -0.2) is 0 Å². The quantitative estimate of drug-likeness (QED) is 0.598. The first-order valence-electron chi connectivity index (χ1n) is 3.44. The molecule has 0 atom stereocenters. The third kappa shape index (κ3) is 2.31. The lowest BCUT2D eigenvalue weighted by atomic mass is 10.3. The molecule has 2 heteroatoms. The molecule has 52 valence electrons. The molecule has 0 aliphatic carbocycles. The van der Waals surface area contributed by atoms with Gasteiger partial charge in [-0.2, -0.15) is 11.8 Å². The first-order chi connectivity index (χ1) is 4.43. The monoisotopic (exact) mass is 143 g/mol. The van der Waals surface area contributed by atoms with E-state index in [0.29, 0.717) is 0 Å². The van der Waals surface area contributed by atoms with Crippen molar-refractivity contribution in [3.8, 4) is 0 Å². The maximum absolute atomic E-state index is 3.37. The maximum Gasteiger partial charge on any atom is 0.0234 e. The second kappa shape index (κ2) is 3.83. The molecule has 0 aromatic heterocycles. The Labute approximate surface area is 60.9 Å². The Balaban J connectivity index is 2.37. The Kier molecular flexibility index (Phi) is 2.98. The molecule has 0 saturated heterocycles. The Morgan fingerprint density at radius 3 is 3.44 bits per heavy atom. The Bertz CT molecular complexity index is 109. The van der Waals surface area contributed by atoms with Crippen LogP contribution in [0.25, 0.3) is 0 Å². The molecule has 1 aliphatic rings. The standard InChI is InChI=1S/C7H13NS/c1-2-7-3-5-9-6-4-8-7/h3,8H,2,4-6H2,1H3. The molecule has 0 amide bonds. The fraction of sp³-hybridized carbons (Fsp3) is 0.714. The molecule has 1 heterocycles. The van der Waals surface area contributed by atoms with E-state index in [9.17, 15) is 0 Å². The molecule has 0 radical (unpaired) electrons. The summed E-state index contributed by atoms with van der Waals surface area (Å²) in [6.45, 7) is 3.33. The lowest BCUT2D eigenvalue weighted by Crippen LogP contribution is -2.13. The van der Waals surface area contributed by atoms with Crippen molar-refractivity contribution in [3.05, 3.63) is 11.8 Å². The van der Waals surface area contributed by atoms with Crippen molar-refractivity contribution in [1.82, 2.24) is 5.32 Å². The molecule has 9 heavy (non-hydrogen) atoms. The third-order valence-electron chi connectivity index (χ3n) is 1.43. The Morgan fingerprint density at radius 1 is 1.78 bits per heavy atom. The Hall–Kier alpha value is -0.110. The zero-order chi connectivity index (χ0) is 6.53. The molecule has 0 fully saturated rings. The van der Waals surface area contributed by atoms with Crippen molar-refractivity contribution in [1.29, 1.82) is 0 Å². The van der Waals surface area contributed by atoms with E-state index in [0.717, 1.165) is 13.0 Å². The smallest absolute Gasteiger partial charge is 0.0234 e. The number of hydrogen-bond acceptors (Lipinski definition) is 2. The summed E-state index contributed by atoms with van der Waals surface area (Å²) in [5.74, 6) is 2.44. The fourth-order valence-electron chi connectivity index (χ4n) is 0.868. The van der Waals surface area contributed by atoms with E-state index in [4.69, 9.17) is 0 Å². The maximum atomic E-state index is 3.37. The highest BCUT2D eigenvalue weighted by atomic mass is 32.2. The minimum Gasteiger partial charge on any atom is -0.388 e. The van der Waals surface area contributed by atoms with Crippen LogP contribution in [-0.2, 0) is 0 Å². The van der Waals surface area contributed by atoms with Gasteiger partial charge in [0, 0.05) is 23.7 Å². The van der Waals surface area contributed by atoms with Crippen molar-refractivity contribution in [2.24, 2.45) is 0 Å². The van der Waals surface area contributed by atoms with Crippen LogP contribution < -0.4 is 5.32 Å². The number of nitrogens with one attached hydrogen (secondary N) is 1. The molecule has 0 spiro atoms. The van der Waals surface area contributed by atoms with Crippen LogP contribution in [-0.4, -0.2) is 18.1 Å². The van der Waals surface area contributed by atoms with Gasteiger partial charge in [-0.1, -0.05) is 13.0 Å². The minimum atomic E-state index is 1.14. The van der Waals surface area contributed by atoms with Crippen LogP contribution in [0.15, 0.2) is 11.8 Å². The SMILES string of the molecule is CCC1=CCSCCN1. The highest BCUT2D eigenvalue weighted by Crippen LogP contribution is 2.07. The van der Waals surface area contributed by atoms with E-state index in [2.05, 4.69) is 18.3 Å². The summed E-state index contributed by atoms with van der Waals surface area (Å²) in [7, 11) is 0. The van der Waals surface area contributed by atoms with Crippen LogP contribution in [0.5, 0.6) is 0 Å². The van der Waals surface area contributed by atoms with Gasteiger partial charge in [0.1, 0.15) is 0 Å². The van der Waals surface area contributed by atoms with E-state index in [1.807, 2.05) is 11.8 Å². The molecular weight excluding hydrogens is 130 g/mol. The first kappa shape index (κ1) is 7.00. The predicted octanol–water partition coefficient (Wildman–Crippen LogP) is 1.62. The minimum absolute atomic E-state index is 1.14. The van der Waals surface area contributed by atoms with Crippen LogP contribution in [0.2, 0.25) is 0 Å². The van der Waals surface area contributed by atoms with Gasteiger partial charge >= 0.3 is 0 Å². The van der Waals surface area contributed by atoms with Gasteiger partial charge in [0.25, 0.3) is 0 Å². The molecule has 0 aromatic rings. The first-order valence-corrected chi connectivity index (χ1v) is 4.59. The number of hydrogen-bond donors (Lipinski definition) is 1. The summed E-state index contributed by atoms with van der Waals surface area (Å²) >= 11 is 2.00. The summed E-state index contributed by atoms with van der Waals surface area (Å²) in [6, 6.07) is 0.